The van der Waals surface area contributed by atoms with E-state index >= 15 is 0 Å². The van der Waals surface area contributed by atoms with Crippen molar-refractivity contribution in [3.05, 3.63) is 29.0 Å². The average Bonchev–Trinajstić information content (AvgIpc) is 3.06. The van der Waals surface area contributed by atoms with Crippen molar-refractivity contribution in [1.82, 2.24) is 9.61 Å². The molecule has 0 spiro atoms. The maximum absolute atomic E-state index is 12.6. The van der Waals surface area contributed by atoms with E-state index in [1.54, 1.807) is 19.1 Å². The normalized spacial score (nSPS) is 17.4. The van der Waals surface area contributed by atoms with Gasteiger partial charge in [0.1, 0.15) is 11.3 Å². The first kappa shape index (κ1) is 18.6. The molecule has 1 fully saturated rings. The summed E-state index contributed by atoms with van der Waals surface area (Å²) in [6.45, 7) is 2.51. The Hall–Kier alpha value is -2.16. The van der Waals surface area contributed by atoms with Gasteiger partial charge in [0.05, 0.1) is 32.4 Å². The van der Waals surface area contributed by atoms with E-state index in [0.717, 1.165) is 19.3 Å². The Morgan fingerprint density at radius 2 is 2.27 bits per heavy atom. The number of carbonyl (C=O) groups is 1. The summed E-state index contributed by atoms with van der Waals surface area (Å²) in [5.41, 5.74) is 1.73. The van der Waals surface area contributed by atoms with Gasteiger partial charge in [0.15, 0.2) is 6.29 Å². The molecule has 0 amide bonds. The first-order chi connectivity index (χ1) is 12.7. The van der Waals surface area contributed by atoms with Crippen LogP contribution in [0.1, 0.15) is 47.8 Å². The second kappa shape index (κ2) is 8.48. The highest BCUT2D eigenvalue weighted by molar-refractivity contribution is 5.99. The van der Waals surface area contributed by atoms with Crippen molar-refractivity contribution in [3.63, 3.8) is 0 Å². The van der Waals surface area contributed by atoms with E-state index in [1.165, 1.54) is 11.6 Å². The van der Waals surface area contributed by atoms with Crippen LogP contribution < -0.4 is 4.74 Å². The minimum Gasteiger partial charge on any atom is -0.481 e. The topological polar surface area (TPSA) is 91.5 Å². The van der Waals surface area contributed by atoms with Crippen LogP contribution >= 0.6 is 0 Å². The highest BCUT2D eigenvalue weighted by atomic mass is 16.7. The number of aromatic nitrogens is 2. The lowest BCUT2D eigenvalue weighted by atomic mass is 10.1. The molecule has 0 radical (unpaired) electrons. The van der Waals surface area contributed by atoms with Crippen LogP contribution in [0.2, 0.25) is 0 Å². The summed E-state index contributed by atoms with van der Waals surface area (Å²) in [5, 5.41) is 14.2. The second-order valence-corrected chi connectivity index (χ2v) is 5.97. The number of hydrogen-bond donors (Lipinski definition) is 1. The molecule has 0 bridgehead atoms. The molecule has 0 saturated carbocycles. The van der Waals surface area contributed by atoms with Crippen LogP contribution in [0, 0.1) is 0 Å². The van der Waals surface area contributed by atoms with Gasteiger partial charge in [0.25, 0.3) is 0 Å². The number of fused-ring (bicyclic) bond motifs is 1. The molecule has 142 valence electrons. The maximum Gasteiger partial charge on any atom is 0.342 e. The summed E-state index contributed by atoms with van der Waals surface area (Å²) in [5.74, 6) is -0.0588. The highest BCUT2D eigenvalue weighted by Crippen LogP contribution is 2.27. The van der Waals surface area contributed by atoms with Crippen LogP contribution in [0.3, 0.4) is 0 Å². The fourth-order valence-electron chi connectivity index (χ4n) is 3.06. The molecule has 1 unspecified atom stereocenters. The highest BCUT2D eigenvalue weighted by Gasteiger charge is 2.26. The number of esters is 1. The summed E-state index contributed by atoms with van der Waals surface area (Å²) in [6.07, 6.45) is 2.58. The minimum atomic E-state index is -0.506. The number of methoxy groups -OCH3 is 1. The Kier molecular flexibility index (Phi) is 6.08. The molecule has 26 heavy (non-hydrogen) atoms. The number of aliphatic hydroxyl groups is 1. The van der Waals surface area contributed by atoms with Crippen LogP contribution in [0.5, 0.6) is 5.88 Å². The predicted molar refractivity (Wildman–Crippen MR) is 92.0 cm³/mol. The number of carbonyl (C=O) groups excluding carboxylic acids is 1. The monoisotopic (exact) mass is 364 g/mol. The van der Waals surface area contributed by atoms with E-state index in [-0.39, 0.29) is 31.7 Å². The third kappa shape index (κ3) is 3.67. The Bertz CT molecular complexity index is 767. The van der Waals surface area contributed by atoms with Crippen molar-refractivity contribution in [2.24, 2.45) is 0 Å². The Labute approximate surface area is 151 Å². The average molecular weight is 364 g/mol. The zero-order valence-electron chi connectivity index (χ0n) is 15.1. The second-order valence-electron chi connectivity index (χ2n) is 5.97. The lowest BCUT2D eigenvalue weighted by molar-refractivity contribution is -0.169. The number of hydrogen-bond acceptors (Lipinski definition) is 7. The van der Waals surface area contributed by atoms with Gasteiger partial charge in [0.2, 0.25) is 5.88 Å². The lowest BCUT2D eigenvalue weighted by Crippen LogP contribution is -2.22. The molecule has 0 aliphatic carbocycles. The number of ether oxygens (including phenoxy) is 4. The van der Waals surface area contributed by atoms with Gasteiger partial charge >= 0.3 is 5.97 Å². The van der Waals surface area contributed by atoms with E-state index in [1.807, 2.05) is 0 Å². The van der Waals surface area contributed by atoms with Gasteiger partial charge in [-0.15, -0.1) is 0 Å². The lowest BCUT2D eigenvalue weighted by Gasteiger charge is -2.22. The van der Waals surface area contributed by atoms with E-state index in [2.05, 4.69) is 5.10 Å². The van der Waals surface area contributed by atoms with E-state index in [9.17, 15) is 9.90 Å². The zero-order chi connectivity index (χ0) is 18.5. The summed E-state index contributed by atoms with van der Waals surface area (Å²) in [4.78, 5) is 12.6. The molecule has 0 aromatic carbocycles. The standard InChI is InChI=1S/C18H24N2O6/c1-3-24-18(22)16-13(11-26-15-6-4-5-9-25-15)19-20-14(23-2)8-7-12(10-21)17(16)20/h7-8,15,21H,3-6,9-11H2,1-2H3. The molecular weight excluding hydrogens is 340 g/mol. The van der Waals surface area contributed by atoms with Gasteiger partial charge in [-0.05, 0) is 32.3 Å². The molecule has 8 heteroatoms. The van der Waals surface area contributed by atoms with Gasteiger partial charge in [-0.1, -0.05) is 0 Å². The van der Waals surface area contributed by atoms with Crippen molar-refractivity contribution in [3.8, 4) is 5.88 Å². The molecule has 1 N–H and O–H groups in total. The van der Waals surface area contributed by atoms with Crippen LogP contribution in [0.15, 0.2) is 12.1 Å². The first-order valence-corrected chi connectivity index (χ1v) is 8.78. The molecule has 2 aromatic rings. The molecule has 3 heterocycles. The third-order valence-corrected chi connectivity index (χ3v) is 4.30. The van der Waals surface area contributed by atoms with E-state index in [4.69, 9.17) is 18.9 Å². The SMILES string of the molecule is CCOC(=O)c1c(COC2CCCCO2)nn2c(OC)ccc(CO)c12. The molecule has 1 saturated heterocycles. The summed E-state index contributed by atoms with van der Waals surface area (Å²) < 4.78 is 23.4. The fourth-order valence-corrected chi connectivity index (χ4v) is 3.06. The van der Waals surface area contributed by atoms with Crippen molar-refractivity contribution in [2.75, 3.05) is 20.3 Å². The van der Waals surface area contributed by atoms with Gasteiger partial charge in [-0.3, -0.25) is 0 Å². The Morgan fingerprint density at radius 1 is 1.42 bits per heavy atom. The van der Waals surface area contributed by atoms with Crippen molar-refractivity contribution >= 4 is 11.5 Å². The fraction of sp³-hybridized carbons (Fsp3) is 0.556. The molecule has 8 nitrogen and oxygen atoms in total. The molecule has 1 aliphatic heterocycles. The molecule has 3 rings (SSSR count). The molecule has 1 aliphatic rings. The summed E-state index contributed by atoms with van der Waals surface area (Å²) in [6, 6.07) is 3.39. The van der Waals surface area contributed by atoms with Crippen LogP contribution in [-0.2, 0) is 27.4 Å². The third-order valence-electron chi connectivity index (χ3n) is 4.30. The zero-order valence-corrected chi connectivity index (χ0v) is 15.1. The van der Waals surface area contributed by atoms with Gasteiger partial charge < -0.3 is 24.1 Å². The maximum atomic E-state index is 12.6. The van der Waals surface area contributed by atoms with Crippen molar-refractivity contribution in [1.29, 1.82) is 0 Å². The predicted octanol–water partition coefficient (Wildman–Crippen LogP) is 2.06. The van der Waals surface area contributed by atoms with Gasteiger partial charge in [-0.2, -0.15) is 9.61 Å². The van der Waals surface area contributed by atoms with Crippen LogP contribution in [-0.4, -0.2) is 47.3 Å². The largest absolute Gasteiger partial charge is 0.481 e. The van der Waals surface area contributed by atoms with Crippen LogP contribution in [0.25, 0.3) is 5.52 Å². The first-order valence-electron chi connectivity index (χ1n) is 8.78. The number of aliphatic hydroxyl groups excluding tert-OH is 1. The molecular formula is C18H24N2O6. The summed E-state index contributed by atoms with van der Waals surface area (Å²) >= 11 is 0. The Balaban J connectivity index is 2.02. The Morgan fingerprint density at radius 3 is 2.92 bits per heavy atom. The van der Waals surface area contributed by atoms with Crippen molar-refractivity contribution in [2.45, 2.75) is 45.7 Å². The van der Waals surface area contributed by atoms with Crippen LogP contribution in [0.4, 0.5) is 0 Å². The minimum absolute atomic E-state index is 0.106. The summed E-state index contributed by atoms with van der Waals surface area (Å²) in [7, 11) is 1.52. The van der Waals surface area contributed by atoms with Gasteiger partial charge in [-0.25, -0.2) is 4.79 Å². The quantitative estimate of drug-likeness (QED) is 0.752. The smallest absolute Gasteiger partial charge is 0.342 e. The number of rotatable bonds is 7. The number of pyridine rings is 1. The van der Waals surface area contributed by atoms with E-state index < -0.39 is 5.97 Å². The van der Waals surface area contributed by atoms with Crippen molar-refractivity contribution < 1.29 is 28.8 Å². The molecule has 1 atom stereocenters. The number of nitrogens with zero attached hydrogens (tertiary/aromatic N) is 2. The van der Waals surface area contributed by atoms with E-state index in [0.29, 0.717) is 29.3 Å². The molecule has 2 aromatic heterocycles. The van der Waals surface area contributed by atoms with Gasteiger partial charge in [0, 0.05) is 18.2 Å².